The molecule has 8 heteroatoms. The first-order valence-electron chi connectivity index (χ1n) is 10.1. The minimum absolute atomic E-state index is 0.0783. The van der Waals surface area contributed by atoms with E-state index in [4.69, 9.17) is 18.9 Å². The van der Waals surface area contributed by atoms with Crippen LogP contribution in [0, 0.1) is 5.92 Å². The van der Waals surface area contributed by atoms with Crippen molar-refractivity contribution in [3.8, 4) is 11.5 Å². The molecule has 1 aromatic rings. The normalized spacial score (nSPS) is 33.3. The molecule has 8 nitrogen and oxygen atoms in total. The van der Waals surface area contributed by atoms with Gasteiger partial charge in [-0.3, -0.25) is 4.79 Å². The number of carbonyl (C=O) groups is 2. The smallest absolute Gasteiger partial charge is 0.338 e. The molecule has 5 rings (SSSR count). The molecule has 0 spiro atoms. The predicted octanol–water partition coefficient (Wildman–Crippen LogP) is 1.44. The Kier molecular flexibility index (Phi) is 4.43. The second kappa shape index (κ2) is 6.88. The highest BCUT2D eigenvalue weighted by molar-refractivity contribution is 5.94. The van der Waals surface area contributed by atoms with Gasteiger partial charge in [0.15, 0.2) is 11.5 Å². The van der Waals surface area contributed by atoms with Crippen molar-refractivity contribution in [2.75, 3.05) is 20.4 Å². The lowest BCUT2D eigenvalue weighted by Crippen LogP contribution is -2.55. The van der Waals surface area contributed by atoms with Crippen molar-refractivity contribution >= 4 is 11.9 Å². The molecule has 156 valence electrons. The van der Waals surface area contributed by atoms with Crippen LogP contribution in [0.3, 0.4) is 0 Å². The topological polar surface area (TPSA) is 94.5 Å². The molecule has 1 N–H and O–H groups in total. The van der Waals surface area contributed by atoms with E-state index in [0.717, 1.165) is 18.5 Å². The summed E-state index contributed by atoms with van der Waals surface area (Å²) in [5.74, 6) is 0.485. The second-order valence-electron chi connectivity index (χ2n) is 8.53. The Morgan fingerprint density at radius 3 is 2.86 bits per heavy atom. The molecule has 6 unspecified atom stereocenters. The van der Waals surface area contributed by atoms with E-state index in [0.29, 0.717) is 29.4 Å². The number of nitrogens with zero attached hydrogens (tertiary/aromatic N) is 1. The summed E-state index contributed by atoms with van der Waals surface area (Å²) in [6.07, 6.45) is -0.291. The van der Waals surface area contributed by atoms with E-state index in [2.05, 4.69) is 11.9 Å². The van der Waals surface area contributed by atoms with E-state index in [1.807, 2.05) is 6.07 Å². The zero-order valence-corrected chi connectivity index (χ0v) is 16.5. The second-order valence-corrected chi connectivity index (χ2v) is 8.53. The number of fused-ring (bicyclic) bond motifs is 6. The Hall–Kier alpha value is -2.32. The molecule has 3 aliphatic heterocycles. The number of aliphatic hydroxyl groups is 1. The van der Waals surface area contributed by atoms with Crippen molar-refractivity contribution < 1.29 is 33.6 Å². The van der Waals surface area contributed by atoms with Crippen molar-refractivity contribution in [3.05, 3.63) is 23.3 Å². The van der Waals surface area contributed by atoms with Gasteiger partial charge in [0.25, 0.3) is 0 Å². The zero-order valence-electron chi connectivity index (χ0n) is 16.5. The van der Waals surface area contributed by atoms with Gasteiger partial charge in [-0.05, 0) is 57.0 Å². The fourth-order valence-corrected chi connectivity index (χ4v) is 5.41. The third kappa shape index (κ3) is 3.05. The van der Waals surface area contributed by atoms with Gasteiger partial charge in [0.05, 0.1) is 18.1 Å². The molecule has 1 saturated heterocycles. The summed E-state index contributed by atoms with van der Waals surface area (Å²) in [6.45, 7) is 2.63. The molecular weight excluding hydrogens is 378 g/mol. The Morgan fingerprint density at radius 2 is 2.10 bits per heavy atom. The molecule has 0 aromatic heterocycles. The first kappa shape index (κ1) is 18.7. The summed E-state index contributed by atoms with van der Waals surface area (Å²) in [4.78, 5) is 27.4. The molecule has 2 fully saturated rings. The Morgan fingerprint density at radius 1 is 1.34 bits per heavy atom. The summed E-state index contributed by atoms with van der Waals surface area (Å²) >= 11 is 0. The van der Waals surface area contributed by atoms with E-state index in [-0.39, 0.29) is 25.2 Å². The lowest BCUT2D eigenvalue weighted by molar-refractivity contribution is -0.165. The van der Waals surface area contributed by atoms with Crippen LogP contribution >= 0.6 is 0 Å². The maximum Gasteiger partial charge on any atom is 0.338 e. The van der Waals surface area contributed by atoms with E-state index in [1.165, 1.54) is 0 Å². The van der Waals surface area contributed by atoms with Crippen molar-refractivity contribution in [1.82, 2.24) is 4.90 Å². The van der Waals surface area contributed by atoms with E-state index in [1.54, 1.807) is 13.0 Å². The van der Waals surface area contributed by atoms with Gasteiger partial charge in [0.1, 0.15) is 12.2 Å². The first-order chi connectivity index (χ1) is 13.9. The molecule has 1 aromatic carbocycles. The number of benzene rings is 1. The largest absolute Gasteiger partial charge is 0.458 e. The average Bonchev–Trinajstić information content (AvgIpc) is 3.26. The Bertz CT molecular complexity index is 854. The summed E-state index contributed by atoms with van der Waals surface area (Å²) in [6, 6.07) is 3.78. The number of hydrogen-bond donors (Lipinski definition) is 1. The van der Waals surface area contributed by atoms with Crippen LogP contribution in [-0.4, -0.2) is 66.7 Å². The number of likely N-dealkylation sites (N-methyl/N-ethyl adjacent to an activating group) is 1. The summed E-state index contributed by atoms with van der Waals surface area (Å²) in [5, 5.41) is 9.51. The number of carbonyl (C=O) groups excluding carboxylic acids is 2. The first-order valence-corrected chi connectivity index (χ1v) is 10.1. The number of likely N-dealkylation sites (tertiary alicyclic amines) is 1. The maximum absolute atomic E-state index is 12.8. The minimum atomic E-state index is -0.776. The van der Waals surface area contributed by atoms with Gasteiger partial charge in [0, 0.05) is 12.0 Å². The summed E-state index contributed by atoms with van der Waals surface area (Å²) in [7, 11) is 2.09. The SMILES string of the molecule is CC(O)CC(=O)OC1CC2CCN(C)C2C2c3cc4c(cc3C(=O)OC12)OCO4. The maximum atomic E-state index is 12.8. The molecule has 0 amide bonds. The van der Waals surface area contributed by atoms with E-state index >= 15 is 0 Å². The van der Waals surface area contributed by atoms with Crippen LogP contribution in [0.1, 0.15) is 48.0 Å². The molecule has 4 aliphatic rings. The van der Waals surface area contributed by atoms with Crippen LogP contribution in [0.4, 0.5) is 0 Å². The average molecular weight is 403 g/mol. The van der Waals surface area contributed by atoms with Crippen LogP contribution in [0.25, 0.3) is 0 Å². The van der Waals surface area contributed by atoms with Crippen LogP contribution < -0.4 is 9.47 Å². The monoisotopic (exact) mass is 403 g/mol. The highest BCUT2D eigenvalue weighted by Gasteiger charge is 2.55. The van der Waals surface area contributed by atoms with Gasteiger partial charge >= 0.3 is 11.9 Å². The van der Waals surface area contributed by atoms with Gasteiger partial charge < -0.3 is 29.0 Å². The molecule has 6 atom stereocenters. The standard InChI is InChI=1S/C21H25NO7/c1-10(23)5-17(24)28-16-6-11-3-4-22(2)19(11)18-12-7-14-15(27-9-26-14)8-13(12)21(25)29-20(16)18/h7-8,10-11,16,18-20,23H,3-6,9H2,1-2H3. The van der Waals surface area contributed by atoms with Crippen LogP contribution in [0.5, 0.6) is 11.5 Å². The van der Waals surface area contributed by atoms with Gasteiger partial charge in [-0.1, -0.05) is 0 Å². The van der Waals surface area contributed by atoms with Crippen molar-refractivity contribution in [2.24, 2.45) is 5.92 Å². The highest BCUT2D eigenvalue weighted by atomic mass is 16.7. The minimum Gasteiger partial charge on any atom is -0.458 e. The van der Waals surface area contributed by atoms with Gasteiger partial charge in [-0.25, -0.2) is 4.79 Å². The third-order valence-corrected chi connectivity index (χ3v) is 6.58. The van der Waals surface area contributed by atoms with Crippen molar-refractivity contribution in [1.29, 1.82) is 0 Å². The van der Waals surface area contributed by atoms with Crippen molar-refractivity contribution in [3.63, 3.8) is 0 Å². The molecule has 1 aliphatic carbocycles. The molecule has 29 heavy (non-hydrogen) atoms. The third-order valence-electron chi connectivity index (χ3n) is 6.58. The van der Waals surface area contributed by atoms with Gasteiger partial charge in [-0.2, -0.15) is 0 Å². The number of esters is 2. The number of rotatable bonds is 3. The van der Waals surface area contributed by atoms with Crippen LogP contribution in [0.15, 0.2) is 12.1 Å². The van der Waals surface area contributed by atoms with E-state index in [9.17, 15) is 14.7 Å². The highest BCUT2D eigenvalue weighted by Crippen LogP contribution is 2.51. The molecule has 0 radical (unpaired) electrons. The lowest BCUT2D eigenvalue weighted by atomic mass is 9.69. The van der Waals surface area contributed by atoms with Crippen LogP contribution in [0.2, 0.25) is 0 Å². The number of hydrogen-bond acceptors (Lipinski definition) is 8. The lowest BCUT2D eigenvalue weighted by Gasteiger charge is -2.48. The summed E-state index contributed by atoms with van der Waals surface area (Å²) in [5.41, 5.74) is 1.36. The fraction of sp³-hybridized carbons (Fsp3) is 0.619. The van der Waals surface area contributed by atoms with Crippen LogP contribution in [-0.2, 0) is 14.3 Å². The van der Waals surface area contributed by atoms with Gasteiger partial charge in [0.2, 0.25) is 6.79 Å². The number of aliphatic hydroxyl groups excluding tert-OH is 1. The molecule has 0 bridgehead atoms. The molecule has 3 heterocycles. The van der Waals surface area contributed by atoms with E-state index < -0.39 is 30.3 Å². The van der Waals surface area contributed by atoms with Gasteiger partial charge in [-0.15, -0.1) is 0 Å². The number of ether oxygens (including phenoxy) is 4. The Balaban J connectivity index is 1.54. The Labute approximate surface area is 168 Å². The predicted molar refractivity (Wildman–Crippen MR) is 99.8 cm³/mol. The quantitative estimate of drug-likeness (QED) is 0.758. The summed E-state index contributed by atoms with van der Waals surface area (Å²) < 4.78 is 22.6. The molecular formula is C21H25NO7. The molecule has 1 saturated carbocycles. The zero-order chi connectivity index (χ0) is 20.3. The van der Waals surface area contributed by atoms with Crippen molar-refractivity contribution in [2.45, 2.75) is 56.5 Å². The fourth-order valence-electron chi connectivity index (χ4n) is 5.41.